The quantitative estimate of drug-likeness (QED) is 0.268. The molecule has 0 aliphatic heterocycles. The van der Waals surface area contributed by atoms with Gasteiger partial charge in [0.05, 0.1) is 22.9 Å². The van der Waals surface area contributed by atoms with Gasteiger partial charge in [0.15, 0.2) is 5.75 Å². The molecule has 1 aliphatic carbocycles. The predicted octanol–water partition coefficient (Wildman–Crippen LogP) is 5.99. The van der Waals surface area contributed by atoms with Crippen LogP contribution >= 0.6 is 39.1 Å². The molecular weight excluding hydrogens is 641 g/mol. The molecule has 0 heterocycles. The number of hydrogen-bond donors (Lipinski definition) is 1. The third kappa shape index (κ3) is 7.34. The second-order valence-electron chi connectivity index (χ2n) is 9.00. The Hall–Kier alpha value is -2.02. The van der Waals surface area contributed by atoms with Crippen LogP contribution in [-0.4, -0.2) is 41.5 Å². The first kappa shape index (κ1) is 29.0. The van der Waals surface area contributed by atoms with E-state index in [4.69, 9.17) is 37.4 Å². The lowest BCUT2D eigenvalue weighted by molar-refractivity contribution is 0.297. The molecule has 1 saturated carbocycles. The van der Waals surface area contributed by atoms with E-state index in [2.05, 4.69) is 20.7 Å². The number of nitrogens with one attached hydrogen (secondary N) is 1. The van der Waals surface area contributed by atoms with Gasteiger partial charge in [-0.3, -0.25) is 0 Å². The van der Waals surface area contributed by atoms with Gasteiger partial charge in [-0.25, -0.2) is 21.6 Å². The summed E-state index contributed by atoms with van der Waals surface area (Å²) in [6, 6.07) is 14.6. The van der Waals surface area contributed by atoms with Gasteiger partial charge in [0, 0.05) is 22.3 Å². The van der Waals surface area contributed by atoms with Crippen molar-refractivity contribution in [2.75, 3.05) is 19.1 Å². The minimum Gasteiger partial charge on any atom is -0.497 e. The standard InChI is InChI=1S/C25H24BrCl2NO7S2/c1-34-18-5-3-16(4-6-18)14-35-22-8-7-19(36-24-20(27)11-17(26)12-21(24)28)13-23(22)38(32,33)29-25(9-10-25)15-37(2,30)31/h3-8,11-13,29H,9-10,14-15H2,1-2H3. The van der Waals surface area contributed by atoms with Crippen LogP contribution in [0.3, 0.4) is 0 Å². The Labute approximate surface area is 240 Å². The Morgan fingerprint density at radius 3 is 2.11 bits per heavy atom. The van der Waals surface area contributed by atoms with E-state index >= 15 is 0 Å². The number of sulfonamides is 1. The summed E-state index contributed by atoms with van der Waals surface area (Å²) in [6.45, 7) is 0.0750. The van der Waals surface area contributed by atoms with Crippen molar-refractivity contribution in [1.29, 1.82) is 0 Å². The van der Waals surface area contributed by atoms with E-state index in [0.29, 0.717) is 23.1 Å². The molecule has 0 bridgehead atoms. The third-order valence-corrected chi connectivity index (χ3v) is 9.38. The largest absolute Gasteiger partial charge is 0.497 e. The van der Waals surface area contributed by atoms with Crippen molar-refractivity contribution >= 4 is 59.0 Å². The molecule has 13 heteroatoms. The molecule has 1 fully saturated rings. The summed E-state index contributed by atoms with van der Waals surface area (Å²) in [5.74, 6) is 0.718. The molecule has 0 atom stereocenters. The monoisotopic (exact) mass is 663 g/mol. The maximum absolute atomic E-state index is 13.6. The lowest BCUT2D eigenvalue weighted by atomic mass is 10.2. The van der Waals surface area contributed by atoms with E-state index in [1.165, 1.54) is 18.2 Å². The van der Waals surface area contributed by atoms with Gasteiger partial charge in [-0.1, -0.05) is 51.3 Å². The lowest BCUT2D eigenvalue weighted by Crippen LogP contribution is -2.41. The van der Waals surface area contributed by atoms with Gasteiger partial charge >= 0.3 is 0 Å². The molecule has 1 aliphatic rings. The summed E-state index contributed by atoms with van der Waals surface area (Å²) in [4.78, 5) is -0.215. The minimum absolute atomic E-state index is 0.0591. The van der Waals surface area contributed by atoms with Crippen LogP contribution in [0.25, 0.3) is 0 Å². The second-order valence-corrected chi connectivity index (χ2v) is 14.5. The molecule has 0 aromatic heterocycles. The fourth-order valence-electron chi connectivity index (χ4n) is 3.78. The van der Waals surface area contributed by atoms with Gasteiger partial charge < -0.3 is 14.2 Å². The van der Waals surface area contributed by atoms with Crippen LogP contribution in [0, 0.1) is 0 Å². The van der Waals surface area contributed by atoms with Crippen LogP contribution in [-0.2, 0) is 26.5 Å². The normalized spacial score (nSPS) is 14.7. The van der Waals surface area contributed by atoms with Crippen LogP contribution in [0.2, 0.25) is 10.0 Å². The maximum Gasteiger partial charge on any atom is 0.244 e. The van der Waals surface area contributed by atoms with Crippen LogP contribution in [0.15, 0.2) is 64.0 Å². The number of rotatable bonds is 11. The summed E-state index contributed by atoms with van der Waals surface area (Å²) >= 11 is 15.9. The Morgan fingerprint density at radius 2 is 1.55 bits per heavy atom. The van der Waals surface area contributed by atoms with Crippen molar-refractivity contribution in [3.8, 4) is 23.0 Å². The molecule has 3 aromatic rings. The average molecular weight is 665 g/mol. The lowest BCUT2D eigenvalue weighted by Gasteiger charge is -2.19. The fourth-order valence-corrected chi connectivity index (χ4v) is 8.14. The van der Waals surface area contributed by atoms with Crippen molar-refractivity contribution < 1.29 is 31.0 Å². The minimum atomic E-state index is -4.23. The van der Waals surface area contributed by atoms with Gasteiger partial charge in [0.2, 0.25) is 10.0 Å². The average Bonchev–Trinajstić information content (AvgIpc) is 3.56. The first-order chi connectivity index (χ1) is 17.8. The van der Waals surface area contributed by atoms with E-state index in [9.17, 15) is 16.8 Å². The van der Waals surface area contributed by atoms with E-state index in [0.717, 1.165) is 11.8 Å². The molecule has 4 rings (SSSR count). The van der Waals surface area contributed by atoms with Crippen LogP contribution < -0.4 is 18.9 Å². The highest BCUT2D eigenvalue weighted by molar-refractivity contribution is 9.10. The van der Waals surface area contributed by atoms with Gasteiger partial charge in [0.1, 0.15) is 38.6 Å². The molecule has 204 valence electrons. The van der Waals surface area contributed by atoms with Crippen LogP contribution in [0.1, 0.15) is 18.4 Å². The van der Waals surface area contributed by atoms with Gasteiger partial charge in [-0.05, 0) is 54.8 Å². The van der Waals surface area contributed by atoms with E-state index < -0.39 is 25.4 Å². The Balaban J connectivity index is 1.68. The number of hydrogen-bond acceptors (Lipinski definition) is 7. The molecular formula is C25H24BrCl2NO7S2. The number of sulfone groups is 1. The summed E-state index contributed by atoms with van der Waals surface area (Å²) in [5.41, 5.74) is -0.277. The van der Waals surface area contributed by atoms with Gasteiger partial charge in [-0.15, -0.1) is 0 Å². The second kappa shape index (κ2) is 11.2. The SMILES string of the molecule is COc1ccc(COc2ccc(Oc3c(Cl)cc(Br)cc3Cl)cc2S(=O)(=O)NC2(CS(C)(=O)=O)CC2)cc1. The van der Waals surface area contributed by atoms with Crippen LogP contribution in [0.4, 0.5) is 0 Å². The highest BCUT2D eigenvalue weighted by Gasteiger charge is 2.48. The van der Waals surface area contributed by atoms with Gasteiger partial charge in [-0.2, -0.15) is 0 Å². The molecule has 0 spiro atoms. The summed E-state index contributed by atoms with van der Waals surface area (Å²) in [7, 11) is -6.09. The zero-order valence-electron chi connectivity index (χ0n) is 20.3. The van der Waals surface area contributed by atoms with Crippen LogP contribution in [0.5, 0.6) is 23.0 Å². The molecule has 0 radical (unpaired) electrons. The van der Waals surface area contributed by atoms with Crippen molar-refractivity contribution in [2.45, 2.75) is 29.9 Å². The van der Waals surface area contributed by atoms with E-state index in [1.54, 1.807) is 43.5 Å². The molecule has 3 aromatic carbocycles. The zero-order chi connectivity index (χ0) is 27.7. The summed E-state index contributed by atoms with van der Waals surface area (Å²) in [5, 5.41) is 0.439. The third-order valence-electron chi connectivity index (χ3n) is 5.68. The molecule has 38 heavy (non-hydrogen) atoms. The van der Waals surface area contributed by atoms with E-state index in [1.807, 2.05) is 0 Å². The number of ether oxygens (including phenoxy) is 3. The molecule has 0 unspecified atom stereocenters. The summed E-state index contributed by atoms with van der Waals surface area (Å²) in [6.07, 6.45) is 1.88. The maximum atomic E-state index is 13.6. The van der Waals surface area contributed by atoms with Crippen molar-refractivity contribution in [2.24, 2.45) is 0 Å². The van der Waals surface area contributed by atoms with Gasteiger partial charge in [0.25, 0.3) is 0 Å². The molecule has 0 amide bonds. The van der Waals surface area contributed by atoms with Crippen molar-refractivity contribution in [3.63, 3.8) is 0 Å². The van der Waals surface area contributed by atoms with Crippen molar-refractivity contribution in [1.82, 2.24) is 4.72 Å². The smallest absolute Gasteiger partial charge is 0.244 e. The fraction of sp³-hybridized carbons (Fsp3) is 0.280. The first-order valence-electron chi connectivity index (χ1n) is 11.2. The highest BCUT2D eigenvalue weighted by Crippen LogP contribution is 2.42. The topological polar surface area (TPSA) is 108 Å². The molecule has 8 nitrogen and oxygen atoms in total. The highest BCUT2D eigenvalue weighted by atomic mass is 79.9. The van der Waals surface area contributed by atoms with Crippen molar-refractivity contribution in [3.05, 3.63) is 74.7 Å². The zero-order valence-corrected chi connectivity index (χ0v) is 25.1. The Bertz CT molecular complexity index is 1540. The predicted molar refractivity (Wildman–Crippen MR) is 150 cm³/mol. The number of halogens is 3. The molecule has 0 saturated heterocycles. The first-order valence-corrected chi connectivity index (χ1v) is 16.3. The van der Waals surface area contributed by atoms with E-state index in [-0.39, 0.29) is 44.5 Å². The summed E-state index contributed by atoms with van der Waals surface area (Å²) < 4.78 is 71.1. The Morgan fingerprint density at radius 1 is 0.947 bits per heavy atom. The molecule has 1 N–H and O–H groups in total. The number of benzene rings is 3. The number of methoxy groups -OCH3 is 1. The Kier molecular flexibility index (Phi) is 8.56.